The van der Waals surface area contributed by atoms with Gasteiger partial charge in [0, 0.05) is 0 Å². The SMILES string of the molecule is Cc1ccc(OCCOc2ccc(C(=O)O)cc2Br)cc1C. The number of aromatic carboxylic acids is 1. The molecule has 2 rings (SSSR count). The van der Waals surface area contributed by atoms with Crippen LogP contribution in [-0.2, 0) is 0 Å². The number of carbonyl (C=O) groups is 1. The molecule has 116 valence electrons. The van der Waals surface area contributed by atoms with Gasteiger partial charge in [-0.1, -0.05) is 6.07 Å². The lowest BCUT2D eigenvalue weighted by Crippen LogP contribution is -2.09. The minimum absolute atomic E-state index is 0.214. The van der Waals surface area contributed by atoms with E-state index in [1.165, 1.54) is 23.3 Å². The van der Waals surface area contributed by atoms with E-state index in [9.17, 15) is 4.79 Å². The van der Waals surface area contributed by atoms with Crippen LogP contribution in [0.25, 0.3) is 0 Å². The Hall–Kier alpha value is -2.01. The van der Waals surface area contributed by atoms with E-state index in [1.54, 1.807) is 6.07 Å². The Kier molecular flexibility index (Phi) is 5.44. The Morgan fingerprint density at radius 2 is 1.77 bits per heavy atom. The molecule has 0 aliphatic rings. The van der Waals surface area contributed by atoms with Crippen LogP contribution in [0.2, 0.25) is 0 Å². The molecule has 0 saturated carbocycles. The summed E-state index contributed by atoms with van der Waals surface area (Å²) in [4.78, 5) is 10.9. The van der Waals surface area contributed by atoms with Gasteiger partial charge in [0.2, 0.25) is 0 Å². The second kappa shape index (κ2) is 7.31. The molecule has 0 aliphatic heterocycles. The van der Waals surface area contributed by atoms with Crippen LogP contribution >= 0.6 is 15.9 Å². The third-order valence-electron chi connectivity index (χ3n) is 3.27. The lowest BCUT2D eigenvalue weighted by atomic mass is 10.1. The summed E-state index contributed by atoms with van der Waals surface area (Å²) in [6.07, 6.45) is 0. The molecule has 0 bridgehead atoms. The van der Waals surface area contributed by atoms with Gasteiger partial charge in [-0.2, -0.15) is 0 Å². The molecule has 0 saturated heterocycles. The molecule has 0 atom stereocenters. The van der Waals surface area contributed by atoms with E-state index in [0.29, 0.717) is 23.4 Å². The van der Waals surface area contributed by atoms with E-state index in [-0.39, 0.29) is 5.56 Å². The first-order valence-corrected chi connectivity index (χ1v) is 7.62. The van der Waals surface area contributed by atoms with Gasteiger partial charge in [0.1, 0.15) is 24.7 Å². The smallest absolute Gasteiger partial charge is 0.335 e. The predicted octanol–water partition coefficient (Wildman–Crippen LogP) is 4.22. The van der Waals surface area contributed by atoms with Crippen molar-refractivity contribution >= 4 is 21.9 Å². The van der Waals surface area contributed by atoms with Gasteiger partial charge in [0.05, 0.1) is 10.0 Å². The van der Waals surface area contributed by atoms with Gasteiger partial charge in [-0.25, -0.2) is 4.79 Å². The van der Waals surface area contributed by atoms with Gasteiger partial charge in [-0.15, -0.1) is 0 Å². The monoisotopic (exact) mass is 364 g/mol. The summed E-state index contributed by atoms with van der Waals surface area (Å²) in [5, 5.41) is 8.90. The van der Waals surface area contributed by atoms with Crippen molar-refractivity contribution in [3.8, 4) is 11.5 Å². The molecular formula is C17H17BrO4. The van der Waals surface area contributed by atoms with E-state index in [4.69, 9.17) is 14.6 Å². The van der Waals surface area contributed by atoms with Crippen molar-refractivity contribution in [2.24, 2.45) is 0 Å². The number of carboxylic acids is 1. The quantitative estimate of drug-likeness (QED) is 0.779. The Balaban J connectivity index is 1.86. The van der Waals surface area contributed by atoms with Gasteiger partial charge in [-0.05, 0) is 71.2 Å². The molecule has 0 fully saturated rings. The van der Waals surface area contributed by atoms with Crippen molar-refractivity contribution in [2.45, 2.75) is 13.8 Å². The second-order valence-corrected chi connectivity index (χ2v) is 5.75. The van der Waals surface area contributed by atoms with Gasteiger partial charge < -0.3 is 14.6 Å². The molecular weight excluding hydrogens is 348 g/mol. The highest BCUT2D eigenvalue weighted by Crippen LogP contribution is 2.26. The minimum atomic E-state index is -0.967. The topological polar surface area (TPSA) is 55.8 Å². The third-order valence-corrected chi connectivity index (χ3v) is 3.89. The minimum Gasteiger partial charge on any atom is -0.490 e. The first-order valence-electron chi connectivity index (χ1n) is 6.83. The third kappa shape index (κ3) is 4.24. The lowest BCUT2D eigenvalue weighted by molar-refractivity contribution is 0.0696. The number of hydrogen-bond acceptors (Lipinski definition) is 3. The molecule has 22 heavy (non-hydrogen) atoms. The maximum atomic E-state index is 10.9. The summed E-state index contributed by atoms with van der Waals surface area (Å²) in [6.45, 7) is 4.88. The van der Waals surface area contributed by atoms with Crippen LogP contribution < -0.4 is 9.47 Å². The highest BCUT2D eigenvalue weighted by Gasteiger charge is 2.07. The largest absolute Gasteiger partial charge is 0.490 e. The molecule has 4 nitrogen and oxygen atoms in total. The molecule has 0 amide bonds. The molecule has 0 aliphatic carbocycles. The summed E-state index contributed by atoms with van der Waals surface area (Å²) >= 11 is 3.30. The van der Waals surface area contributed by atoms with Gasteiger partial charge in [-0.3, -0.25) is 0 Å². The van der Waals surface area contributed by atoms with Gasteiger partial charge in [0.25, 0.3) is 0 Å². The van der Waals surface area contributed by atoms with Crippen LogP contribution in [0.5, 0.6) is 11.5 Å². The number of rotatable bonds is 6. The summed E-state index contributed by atoms with van der Waals surface area (Å²) in [5.41, 5.74) is 2.63. The average molecular weight is 365 g/mol. The van der Waals surface area contributed by atoms with Crippen molar-refractivity contribution in [1.82, 2.24) is 0 Å². The van der Waals surface area contributed by atoms with Crippen LogP contribution in [0.1, 0.15) is 21.5 Å². The molecule has 2 aromatic carbocycles. The second-order valence-electron chi connectivity index (χ2n) is 4.89. The van der Waals surface area contributed by atoms with E-state index < -0.39 is 5.97 Å². The van der Waals surface area contributed by atoms with Crippen molar-refractivity contribution in [1.29, 1.82) is 0 Å². The predicted molar refractivity (Wildman–Crippen MR) is 88.0 cm³/mol. The van der Waals surface area contributed by atoms with Crippen molar-refractivity contribution < 1.29 is 19.4 Å². The zero-order valence-corrected chi connectivity index (χ0v) is 14.0. The maximum Gasteiger partial charge on any atom is 0.335 e. The van der Waals surface area contributed by atoms with Crippen LogP contribution in [0, 0.1) is 13.8 Å². The highest BCUT2D eigenvalue weighted by atomic mass is 79.9. The zero-order chi connectivity index (χ0) is 16.1. The fourth-order valence-corrected chi connectivity index (χ4v) is 2.36. The van der Waals surface area contributed by atoms with Crippen LogP contribution in [0.4, 0.5) is 0 Å². The molecule has 1 N–H and O–H groups in total. The van der Waals surface area contributed by atoms with E-state index >= 15 is 0 Å². The normalized spacial score (nSPS) is 10.3. The summed E-state index contributed by atoms with van der Waals surface area (Å²) in [6, 6.07) is 10.6. The van der Waals surface area contributed by atoms with E-state index in [2.05, 4.69) is 22.9 Å². The fraction of sp³-hybridized carbons (Fsp3) is 0.235. The molecule has 0 radical (unpaired) electrons. The van der Waals surface area contributed by atoms with Crippen LogP contribution in [0.3, 0.4) is 0 Å². The Labute approximate surface area is 137 Å². The fourth-order valence-electron chi connectivity index (χ4n) is 1.87. The molecule has 2 aromatic rings. The number of aryl methyl sites for hydroxylation is 2. The number of carboxylic acid groups (broad SMARTS) is 1. The number of halogens is 1. The molecule has 0 spiro atoms. The first kappa shape index (κ1) is 16.4. The van der Waals surface area contributed by atoms with E-state index in [0.717, 1.165) is 5.75 Å². The Morgan fingerprint density at radius 1 is 1.05 bits per heavy atom. The van der Waals surface area contributed by atoms with Crippen LogP contribution in [0.15, 0.2) is 40.9 Å². The summed E-state index contributed by atoms with van der Waals surface area (Å²) in [5.74, 6) is 0.436. The molecule has 0 aromatic heterocycles. The summed E-state index contributed by atoms with van der Waals surface area (Å²) < 4.78 is 11.8. The number of ether oxygens (including phenoxy) is 2. The summed E-state index contributed by atoms with van der Waals surface area (Å²) in [7, 11) is 0. The Morgan fingerprint density at radius 3 is 2.41 bits per heavy atom. The molecule has 0 unspecified atom stereocenters. The highest BCUT2D eigenvalue weighted by molar-refractivity contribution is 9.10. The van der Waals surface area contributed by atoms with Crippen molar-refractivity contribution in [3.05, 3.63) is 57.6 Å². The van der Waals surface area contributed by atoms with E-state index in [1.807, 2.05) is 25.1 Å². The number of hydrogen-bond donors (Lipinski definition) is 1. The van der Waals surface area contributed by atoms with Crippen molar-refractivity contribution in [3.63, 3.8) is 0 Å². The van der Waals surface area contributed by atoms with Gasteiger partial charge in [0.15, 0.2) is 0 Å². The van der Waals surface area contributed by atoms with Crippen molar-refractivity contribution in [2.75, 3.05) is 13.2 Å². The Bertz CT molecular complexity index is 682. The molecule has 5 heteroatoms. The first-order chi connectivity index (χ1) is 10.5. The average Bonchev–Trinajstić information content (AvgIpc) is 2.48. The maximum absolute atomic E-state index is 10.9. The number of benzene rings is 2. The van der Waals surface area contributed by atoms with Crippen LogP contribution in [-0.4, -0.2) is 24.3 Å². The lowest BCUT2D eigenvalue weighted by Gasteiger charge is -2.11. The van der Waals surface area contributed by atoms with Gasteiger partial charge >= 0.3 is 5.97 Å². The standard InChI is InChI=1S/C17H17BrO4/c1-11-3-5-14(9-12(11)2)21-7-8-22-16-6-4-13(17(19)20)10-15(16)18/h3-6,9-10H,7-8H2,1-2H3,(H,19,20). The zero-order valence-electron chi connectivity index (χ0n) is 12.4. The molecule has 0 heterocycles.